The van der Waals surface area contributed by atoms with Crippen LogP contribution in [0.15, 0.2) is 65.8 Å². The van der Waals surface area contributed by atoms with E-state index in [4.69, 9.17) is 15.2 Å². The lowest BCUT2D eigenvalue weighted by Crippen LogP contribution is -2.80. The Kier molecular flexibility index (Phi) is 7.02. The van der Waals surface area contributed by atoms with Crippen LogP contribution in [0, 0.1) is 0 Å². The van der Waals surface area contributed by atoms with E-state index in [2.05, 4.69) is 15.5 Å². The molecular weight excluding hydrogens is 500 g/mol. The third-order valence-corrected chi connectivity index (χ3v) is 9.24. The molecule has 0 saturated carbocycles. The van der Waals surface area contributed by atoms with E-state index >= 15 is 0 Å². The molecular formula is C24H26N6O4S2. The number of ether oxygens (including phenoxy) is 2. The van der Waals surface area contributed by atoms with Crippen molar-refractivity contribution < 1.29 is 19.1 Å². The molecule has 3 heterocycles. The van der Waals surface area contributed by atoms with Gasteiger partial charge in [-0.05, 0) is 27.8 Å². The SMILES string of the molecule is CS[C@]1(CSc2nnnn2C)CO[C@@H]2[C@@H](N)C(=O)N2[C@H]1C(=O)OC(c1ccccc1)c1ccccc1. The number of aryl methyl sites for hydroxylation is 1. The van der Waals surface area contributed by atoms with Gasteiger partial charge >= 0.3 is 5.97 Å². The van der Waals surface area contributed by atoms with Gasteiger partial charge in [0.25, 0.3) is 0 Å². The van der Waals surface area contributed by atoms with Gasteiger partial charge in [-0.3, -0.25) is 9.69 Å². The van der Waals surface area contributed by atoms with E-state index in [0.717, 1.165) is 11.1 Å². The molecule has 1 amide bonds. The first kappa shape index (κ1) is 24.8. The minimum Gasteiger partial charge on any atom is -0.451 e. The van der Waals surface area contributed by atoms with Crippen molar-refractivity contribution >= 4 is 35.4 Å². The second kappa shape index (κ2) is 10.2. The number of nitrogens with zero attached hydrogens (tertiary/aromatic N) is 5. The zero-order valence-corrected chi connectivity index (χ0v) is 21.4. The Morgan fingerprint density at radius 1 is 1.19 bits per heavy atom. The average Bonchev–Trinajstić information content (AvgIpc) is 3.34. The second-order valence-corrected chi connectivity index (χ2v) is 10.8. The molecule has 0 unspecified atom stereocenters. The van der Waals surface area contributed by atoms with Crippen molar-refractivity contribution in [1.29, 1.82) is 0 Å². The number of carbonyl (C=O) groups is 2. The van der Waals surface area contributed by atoms with Crippen LogP contribution in [0.25, 0.3) is 0 Å². The van der Waals surface area contributed by atoms with Gasteiger partial charge in [0.1, 0.15) is 12.1 Å². The van der Waals surface area contributed by atoms with E-state index in [1.807, 2.05) is 66.9 Å². The predicted octanol–water partition coefficient (Wildman–Crippen LogP) is 1.63. The summed E-state index contributed by atoms with van der Waals surface area (Å²) >= 11 is 2.85. The number of carbonyl (C=O) groups excluding carboxylic acids is 2. The number of nitrogens with two attached hydrogens (primary N) is 1. The third kappa shape index (κ3) is 4.38. The molecule has 0 radical (unpaired) electrons. The van der Waals surface area contributed by atoms with Gasteiger partial charge in [0, 0.05) is 12.8 Å². The van der Waals surface area contributed by atoms with Gasteiger partial charge in [0.15, 0.2) is 12.3 Å². The summed E-state index contributed by atoms with van der Waals surface area (Å²) in [6.45, 7) is 0.218. The molecule has 10 nitrogen and oxygen atoms in total. The van der Waals surface area contributed by atoms with Crippen molar-refractivity contribution in [3.8, 4) is 0 Å². The Balaban J connectivity index is 1.48. The highest BCUT2D eigenvalue weighted by atomic mass is 32.2. The van der Waals surface area contributed by atoms with E-state index in [0.29, 0.717) is 10.9 Å². The van der Waals surface area contributed by atoms with Crippen LogP contribution in [0.1, 0.15) is 17.2 Å². The summed E-state index contributed by atoms with van der Waals surface area (Å²) < 4.78 is 13.0. The van der Waals surface area contributed by atoms with Gasteiger partial charge in [-0.1, -0.05) is 72.4 Å². The van der Waals surface area contributed by atoms with Crippen LogP contribution in [0.4, 0.5) is 0 Å². The highest BCUT2D eigenvalue weighted by Crippen LogP contribution is 2.44. The standard InChI is InChI=1S/C24H26N6O4S2/c1-29-23(26-27-28-29)36-14-24(35-2)13-33-21-17(25)20(31)30(21)19(24)22(32)34-18(15-9-5-3-6-10-15)16-11-7-4-8-12-16/h3-12,17-19,21H,13-14,25H2,1-2H3/t17-,19-,21+,24-/m0/s1. The molecule has 0 spiro atoms. The molecule has 0 bridgehead atoms. The van der Waals surface area contributed by atoms with E-state index in [-0.39, 0.29) is 12.5 Å². The van der Waals surface area contributed by atoms with Gasteiger partial charge in [-0.15, -0.1) is 5.10 Å². The summed E-state index contributed by atoms with van der Waals surface area (Å²) in [5, 5.41) is 12.2. The fourth-order valence-electron chi connectivity index (χ4n) is 4.50. The molecule has 0 aliphatic carbocycles. The lowest BCUT2D eigenvalue weighted by atomic mass is 9.90. The maximum Gasteiger partial charge on any atom is 0.331 e. The van der Waals surface area contributed by atoms with E-state index in [9.17, 15) is 9.59 Å². The first-order valence-corrected chi connectivity index (χ1v) is 13.6. The molecule has 1 aromatic heterocycles. The molecule has 5 rings (SSSR count). The lowest BCUT2D eigenvalue weighted by molar-refractivity contribution is -0.217. The van der Waals surface area contributed by atoms with Gasteiger partial charge in [0.05, 0.1) is 11.4 Å². The van der Waals surface area contributed by atoms with Crippen molar-refractivity contribution in [2.24, 2.45) is 12.8 Å². The quantitative estimate of drug-likeness (QED) is 0.263. The first-order valence-electron chi connectivity index (χ1n) is 11.4. The number of tetrazole rings is 1. The maximum absolute atomic E-state index is 14.0. The summed E-state index contributed by atoms with van der Waals surface area (Å²) in [4.78, 5) is 28.3. The monoisotopic (exact) mass is 526 g/mol. The molecule has 2 fully saturated rings. The number of aromatic nitrogens is 4. The number of hydrogen-bond acceptors (Lipinski definition) is 10. The van der Waals surface area contributed by atoms with Gasteiger partial charge in [-0.25, -0.2) is 9.48 Å². The van der Waals surface area contributed by atoms with Gasteiger partial charge < -0.3 is 15.2 Å². The average molecular weight is 527 g/mol. The minimum atomic E-state index is -0.901. The Labute approximate surface area is 216 Å². The highest BCUT2D eigenvalue weighted by molar-refractivity contribution is 8.03. The van der Waals surface area contributed by atoms with Gasteiger partial charge in [0.2, 0.25) is 11.1 Å². The number of rotatable bonds is 8. The molecule has 12 heteroatoms. The highest BCUT2D eigenvalue weighted by Gasteiger charge is 2.62. The Morgan fingerprint density at radius 2 is 1.83 bits per heavy atom. The molecule has 2 aliphatic rings. The summed E-state index contributed by atoms with van der Waals surface area (Å²) in [6, 6.07) is 17.4. The molecule has 2 N–H and O–H groups in total. The molecule has 3 aromatic rings. The number of fused-ring (bicyclic) bond motifs is 1. The summed E-state index contributed by atoms with van der Waals surface area (Å²) in [5.74, 6) is -0.427. The topological polar surface area (TPSA) is 125 Å². The third-order valence-electron chi connectivity index (χ3n) is 6.49. The van der Waals surface area contributed by atoms with Crippen LogP contribution >= 0.6 is 23.5 Å². The van der Waals surface area contributed by atoms with Gasteiger partial charge in [-0.2, -0.15) is 11.8 Å². The van der Waals surface area contributed by atoms with Crippen LogP contribution in [0.5, 0.6) is 0 Å². The van der Waals surface area contributed by atoms with Crippen LogP contribution in [-0.4, -0.2) is 78.7 Å². The summed E-state index contributed by atoms with van der Waals surface area (Å²) in [5.41, 5.74) is 7.68. The zero-order chi connectivity index (χ0) is 25.3. The summed E-state index contributed by atoms with van der Waals surface area (Å²) in [6.07, 6.45) is 0.598. The molecule has 4 atom stereocenters. The van der Waals surface area contributed by atoms with Crippen molar-refractivity contribution in [3.05, 3.63) is 71.8 Å². The number of benzene rings is 2. The Morgan fingerprint density at radius 3 is 2.39 bits per heavy atom. The number of hydrogen-bond donors (Lipinski definition) is 1. The molecule has 2 aromatic carbocycles. The van der Waals surface area contributed by atoms with Crippen LogP contribution < -0.4 is 5.73 Å². The van der Waals surface area contributed by atoms with E-state index < -0.39 is 35.1 Å². The number of thioether (sulfide) groups is 2. The minimum absolute atomic E-state index is 0.218. The van der Waals surface area contributed by atoms with Crippen molar-refractivity contribution in [2.45, 2.75) is 34.3 Å². The number of esters is 1. The number of amides is 1. The van der Waals surface area contributed by atoms with Crippen LogP contribution in [0.2, 0.25) is 0 Å². The van der Waals surface area contributed by atoms with Crippen molar-refractivity contribution in [3.63, 3.8) is 0 Å². The van der Waals surface area contributed by atoms with Crippen molar-refractivity contribution in [1.82, 2.24) is 25.1 Å². The fourth-order valence-corrected chi connectivity index (χ4v) is 6.70. The first-order chi connectivity index (χ1) is 17.4. The molecule has 2 aliphatic heterocycles. The number of β-lactam (4-membered cyclic amide) rings is 1. The second-order valence-electron chi connectivity index (χ2n) is 8.66. The largest absolute Gasteiger partial charge is 0.451 e. The lowest BCUT2D eigenvalue weighted by Gasteiger charge is -2.57. The van der Waals surface area contributed by atoms with Crippen molar-refractivity contribution in [2.75, 3.05) is 18.6 Å². The van der Waals surface area contributed by atoms with E-state index in [1.165, 1.54) is 28.4 Å². The van der Waals surface area contributed by atoms with Crippen LogP contribution in [-0.2, 0) is 26.1 Å². The smallest absolute Gasteiger partial charge is 0.331 e. The molecule has 2 saturated heterocycles. The van der Waals surface area contributed by atoms with Crippen LogP contribution in [0.3, 0.4) is 0 Å². The predicted molar refractivity (Wildman–Crippen MR) is 135 cm³/mol. The van der Waals surface area contributed by atoms with E-state index in [1.54, 1.807) is 11.7 Å². The summed E-state index contributed by atoms with van der Waals surface area (Å²) in [7, 11) is 1.75. The molecule has 36 heavy (non-hydrogen) atoms. The Bertz CT molecular complexity index is 1190. The zero-order valence-electron chi connectivity index (χ0n) is 19.8. The normalized spacial score (nSPS) is 25.4. The fraction of sp³-hybridized carbons (Fsp3) is 0.375. The Hall–Kier alpha value is -2.93. The maximum atomic E-state index is 14.0. The molecule has 188 valence electrons.